The second-order valence-electron chi connectivity index (χ2n) is 29.7. The van der Waals surface area contributed by atoms with E-state index in [1.54, 1.807) is 12.1 Å². The maximum atomic E-state index is 11.2. The molecule has 0 aliphatic carbocycles. The minimum absolute atomic E-state index is 0. The Kier molecular flexibility index (Phi) is 73.5. The molecule has 0 bridgehead atoms. The molecular weight excluding hydrogens is 1220 g/mol. The molecule has 95 heavy (non-hydrogen) atoms. The number of unbranched alkanes of at least 4 members (excludes halogenated alkanes) is 68. The minimum Gasteiger partial charge on any atom is -0.744 e. The molecule has 0 N–H and O–H groups in total. The van der Waals surface area contributed by atoms with Crippen molar-refractivity contribution in [1.29, 1.82) is 0 Å². The molecule has 2 aromatic rings. The Labute approximate surface area is 610 Å². The van der Waals surface area contributed by atoms with E-state index in [-0.39, 0.29) is 32.8 Å². The van der Waals surface area contributed by atoms with Gasteiger partial charge in [-0.05, 0) is 61.1 Å². The van der Waals surface area contributed by atoms with Crippen LogP contribution in [0.4, 0.5) is 0 Å². The Morgan fingerprint density at radius 1 is 0.211 bits per heavy atom. The summed E-state index contributed by atoms with van der Waals surface area (Å²) in [6.45, 7) is 4.60. The van der Waals surface area contributed by atoms with E-state index in [1.165, 1.54) is 461 Å². The first-order valence-corrected chi connectivity index (χ1v) is 45.0. The smallest absolute Gasteiger partial charge is 0.744 e. The first-order valence-electron chi connectivity index (χ1n) is 42.2. The van der Waals surface area contributed by atoms with Gasteiger partial charge in [0.1, 0.15) is 20.2 Å². The molecular formula is C86H158MgO6S2. The Morgan fingerprint density at radius 2 is 0.337 bits per heavy atom. The van der Waals surface area contributed by atoms with Gasteiger partial charge in [0.25, 0.3) is 0 Å². The molecule has 0 saturated carbocycles. The van der Waals surface area contributed by atoms with Crippen LogP contribution in [-0.4, -0.2) is 49.0 Å². The maximum Gasteiger partial charge on any atom is 2.00 e. The van der Waals surface area contributed by atoms with E-state index in [0.717, 1.165) is 36.8 Å². The summed E-state index contributed by atoms with van der Waals surface area (Å²) in [7, 11) is -8.69. The van der Waals surface area contributed by atoms with Crippen LogP contribution in [0.3, 0.4) is 0 Å². The predicted octanol–water partition coefficient (Wildman–Crippen LogP) is 29.2. The number of hydrogen-bond donors (Lipinski definition) is 0. The van der Waals surface area contributed by atoms with Gasteiger partial charge in [0.15, 0.2) is 0 Å². The predicted molar refractivity (Wildman–Crippen MR) is 417 cm³/mol. The van der Waals surface area contributed by atoms with Crippen LogP contribution in [-0.2, 0) is 33.1 Å². The Bertz CT molecular complexity index is 1920. The van der Waals surface area contributed by atoms with Crippen molar-refractivity contribution in [3.8, 4) is 0 Å². The van der Waals surface area contributed by atoms with Crippen LogP contribution in [0.1, 0.15) is 474 Å². The normalized spacial score (nSPS) is 11.7. The molecule has 6 nitrogen and oxygen atoms in total. The van der Waals surface area contributed by atoms with Gasteiger partial charge >= 0.3 is 23.1 Å². The monoisotopic (exact) mass is 1380 g/mol. The first kappa shape index (κ1) is 94.0. The molecule has 0 spiro atoms. The van der Waals surface area contributed by atoms with Crippen molar-refractivity contribution in [2.75, 3.05) is 0 Å². The SMILES string of the molecule is CCCCCCCCCCCCCCCCCCCCCCCCCCCCCCCCCCCCCc1cccc(S(=O)(=O)[O-])c1.CCCCCCCCCCCCCCCCCCCCCCCCCCCCCCCCCCCCCc1cccc(S(=O)(=O)[O-])c1.[Mg+2]. The van der Waals surface area contributed by atoms with Gasteiger partial charge < -0.3 is 9.11 Å². The zero-order valence-corrected chi connectivity index (χ0v) is 66.6. The van der Waals surface area contributed by atoms with Crippen LogP contribution in [0.2, 0.25) is 0 Å². The molecule has 0 saturated heterocycles. The van der Waals surface area contributed by atoms with Gasteiger partial charge in [0, 0.05) is 0 Å². The molecule has 2 aromatic carbocycles. The summed E-state index contributed by atoms with van der Waals surface area (Å²) < 4.78 is 66.9. The van der Waals surface area contributed by atoms with Gasteiger partial charge in [-0.1, -0.05) is 475 Å². The molecule has 0 heterocycles. The Balaban J connectivity index is 0.00000184. The van der Waals surface area contributed by atoms with Gasteiger partial charge in [-0.15, -0.1) is 0 Å². The number of aryl methyl sites for hydroxylation is 2. The van der Waals surface area contributed by atoms with E-state index in [2.05, 4.69) is 13.8 Å². The van der Waals surface area contributed by atoms with Gasteiger partial charge in [-0.25, -0.2) is 16.8 Å². The molecule has 0 aliphatic rings. The van der Waals surface area contributed by atoms with E-state index in [4.69, 9.17) is 0 Å². The summed E-state index contributed by atoms with van der Waals surface area (Å²) in [5.41, 5.74) is 1.90. The summed E-state index contributed by atoms with van der Waals surface area (Å²) in [5, 5.41) is 0. The quantitative estimate of drug-likeness (QED) is 0.0370. The van der Waals surface area contributed by atoms with Crippen LogP contribution in [0.25, 0.3) is 0 Å². The van der Waals surface area contributed by atoms with Crippen molar-refractivity contribution in [3.05, 3.63) is 59.7 Å². The standard InChI is InChI=1S/2C43H80O3S.Mg/c2*1-2-3-4-5-6-7-8-9-10-11-12-13-14-15-16-17-18-19-20-21-22-23-24-25-26-27-28-29-30-31-32-33-34-35-36-38-42-39-37-40-43(41-42)47(44,45)46;/h2*37,39-41H,2-36,38H2,1H3,(H,44,45,46);/q;;+2/p-2. The van der Waals surface area contributed by atoms with Gasteiger partial charge in [-0.2, -0.15) is 0 Å². The minimum atomic E-state index is -4.35. The first-order chi connectivity index (χ1) is 46.1. The summed E-state index contributed by atoms with van der Waals surface area (Å²) in [5.74, 6) is 0. The third kappa shape index (κ3) is 69.9. The average molecular weight is 1380 g/mol. The molecule has 0 aliphatic heterocycles. The molecule has 2 rings (SSSR count). The molecule has 0 unspecified atom stereocenters. The number of hydrogen-bond acceptors (Lipinski definition) is 6. The average Bonchev–Trinajstić information content (AvgIpc) is 0.972. The largest absolute Gasteiger partial charge is 2.00 e. The van der Waals surface area contributed by atoms with E-state index in [1.807, 2.05) is 12.1 Å². The molecule has 0 aromatic heterocycles. The van der Waals surface area contributed by atoms with Crippen molar-refractivity contribution in [1.82, 2.24) is 0 Å². The summed E-state index contributed by atoms with van der Waals surface area (Å²) >= 11 is 0. The fraction of sp³-hybridized carbons (Fsp3) is 0.860. The van der Waals surface area contributed by atoms with E-state index >= 15 is 0 Å². The third-order valence-corrected chi connectivity index (χ3v) is 22.2. The summed E-state index contributed by atoms with van der Waals surface area (Å²) in [4.78, 5) is -0.211. The van der Waals surface area contributed by atoms with Crippen LogP contribution in [0.5, 0.6) is 0 Å². The van der Waals surface area contributed by atoms with E-state index < -0.39 is 20.2 Å². The Hall–Kier alpha value is -0.974. The Morgan fingerprint density at radius 3 is 0.463 bits per heavy atom. The molecule has 552 valence electrons. The third-order valence-electron chi connectivity index (χ3n) is 20.5. The summed E-state index contributed by atoms with van der Waals surface area (Å²) in [6.07, 6.45) is 101. The summed E-state index contributed by atoms with van der Waals surface area (Å²) in [6, 6.07) is 13.0. The molecule has 0 radical (unpaired) electrons. The zero-order chi connectivity index (χ0) is 67.9. The van der Waals surface area contributed by atoms with Gasteiger partial charge in [0.05, 0.1) is 9.79 Å². The van der Waals surface area contributed by atoms with Crippen molar-refractivity contribution >= 4 is 43.3 Å². The van der Waals surface area contributed by atoms with Crippen molar-refractivity contribution in [3.63, 3.8) is 0 Å². The second kappa shape index (κ2) is 74.2. The molecule has 0 amide bonds. The number of rotatable bonds is 74. The van der Waals surface area contributed by atoms with Gasteiger partial charge in [-0.3, -0.25) is 0 Å². The zero-order valence-electron chi connectivity index (χ0n) is 63.5. The molecule has 0 atom stereocenters. The van der Waals surface area contributed by atoms with E-state index in [9.17, 15) is 25.9 Å². The van der Waals surface area contributed by atoms with Crippen molar-refractivity contribution in [2.45, 2.75) is 486 Å². The maximum absolute atomic E-state index is 11.2. The second-order valence-corrected chi connectivity index (χ2v) is 32.5. The van der Waals surface area contributed by atoms with Crippen LogP contribution >= 0.6 is 0 Å². The van der Waals surface area contributed by atoms with Crippen LogP contribution in [0.15, 0.2) is 58.3 Å². The van der Waals surface area contributed by atoms with Gasteiger partial charge in [0.2, 0.25) is 0 Å². The molecule has 9 heteroatoms. The fourth-order valence-electron chi connectivity index (χ4n) is 14.2. The van der Waals surface area contributed by atoms with E-state index in [0.29, 0.717) is 0 Å². The number of benzene rings is 2. The van der Waals surface area contributed by atoms with Crippen molar-refractivity contribution < 1.29 is 25.9 Å². The van der Waals surface area contributed by atoms with Crippen LogP contribution in [0, 0.1) is 0 Å². The van der Waals surface area contributed by atoms with Crippen LogP contribution < -0.4 is 0 Å². The fourth-order valence-corrected chi connectivity index (χ4v) is 15.3. The topological polar surface area (TPSA) is 114 Å². The molecule has 0 fully saturated rings. The van der Waals surface area contributed by atoms with Crippen molar-refractivity contribution in [2.24, 2.45) is 0 Å².